The van der Waals surface area contributed by atoms with Crippen LogP contribution in [-0.4, -0.2) is 78.9 Å². The smallest absolute Gasteiger partial charge is 0.384 e. The van der Waals surface area contributed by atoms with Crippen LogP contribution in [0.3, 0.4) is 0 Å². The van der Waals surface area contributed by atoms with E-state index in [1.165, 1.54) is 12.1 Å². The van der Waals surface area contributed by atoms with Gasteiger partial charge in [-0.15, -0.1) is 0 Å². The van der Waals surface area contributed by atoms with Crippen molar-refractivity contribution in [2.45, 2.75) is 74.8 Å². The number of carbonyl (C=O) groups excluding carboxylic acids is 2. The van der Waals surface area contributed by atoms with Crippen LogP contribution in [0.4, 0.5) is 13.2 Å². The van der Waals surface area contributed by atoms with E-state index in [0.29, 0.717) is 30.9 Å². The Balaban J connectivity index is 1.04. The third-order valence-electron chi connectivity index (χ3n) is 9.66. The summed E-state index contributed by atoms with van der Waals surface area (Å²) in [4.78, 5) is 43.0. The van der Waals surface area contributed by atoms with E-state index < -0.39 is 23.2 Å². The second-order valence-corrected chi connectivity index (χ2v) is 12.3. The van der Waals surface area contributed by atoms with Gasteiger partial charge in [-0.05, 0) is 81.8 Å². The fraction of sp³-hybridized carbons (Fsp3) is 0.469. The van der Waals surface area contributed by atoms with Crippen LogP contribution in [0.25, 0.3) is 11.4 Å². The predicted octanol–water partition coefficient (Wildman–Crippen LogP) is 4.18. The molecule has 2 N–H and O–H groups in total. The maximum Gasteiger partial charge on any atom is 0.416 e. The highest BCUT2D eigenvalue weighted by molar-refractivity contribution is 5.96. The number of nitrogens with zero attached hydrogens (tertiary/aromatic N) is 5. The highest BCUT2D eigenvalue weighted by Gasteiger charge is 2.52. The molecule has 2 unspecified atom stereocenters. The highest BCUT2D eigenvalue weighted by Crippen LogP contribution is 2.47. The first-order valence-electron chi connectivity index (χ1n) is 14.9. The van der Waals surface area contributed by atoms with E-state index in [9.17, 15) is 27.9 Å². The molecule has 1 aliphatic carbocycles. The average molecular weight is 609 g/mol. The molecule has 2 saturated heterocycles. The van der Waals surface area contributed by atoms with Crippen molar-refractivity contribution in [3.8, 4) is 11.4 Å². The summed E-state index contributed by atoms with van der Waals surface area (Å²) >= 11 is 0. The number of rotatable bonds is 6. The summed E-state index contributed by atoms with van der Waals surface area (Å²) in [6.45, 7) is 3.35. The summed E-state index contributed by atoms with van der Waals surface area (Å²) < 4.78 is 39.1. The van der Waals surface area contributed by atoms with E-state index in [1.807, 2.05) is 17.0 Å². The van der Waals surface area contributed by atoms with Gasteiger partial charge in [0.25, 0.3) is 5.91 Å². The third-order valence-corrected chi connectivity index (χ3v) is 9.66. The zero-order chi connectivity index (χ0) is 31.1. The van der Waals surface area contributed by atoms with Gasteiger partial charge in [0.1, 0.15) is 5.60 Å². The molecule has 4 heterocycles. The van der Waals surface area contributed by atoms with Crippen LogP contribution in [0.1, 0.15) is 67.1 Å². The van der Waals surface area contributed by atoms with E-state index >= 15 is 0 Å². The number of benzene rings is 1. The minimum absolute atomic E-state index is 0.0139. The van der Waals surface area contributed by atoms with Crippen LogP contribution in [-0.2, 0) is 16.6 Å². The van der Waals surface area contributed by atoms with E-state index in [2.05, 4.69) is 32.1 Å². The van der Waals surface area contributed by atoms with Crippen molar-refractivity contribution in [2.24, 2.45) is 0 Å². The van der Waals surface area contributed by atoms with Gasteiger partial charge >= 0.3 is 6.18 Å². The summed E-state index contributed by atoms with van der Waals surface area (Å²) in [5.41, 5.74) is -0.780. The van der Waals surface area contributed by atoms with Crippen molar-refractivity contribution in [3.05, 3.63) is 77.9 Å². The van der Waals surface area contributed by atoms with Gasteiger partial charge in [-0.1, -0.05) is 6.07 Å². The first kappa shape index (κ1) is 30.1. The van der Waals surface area contributed by atoms with Crippen LogP contribution in [0.5, 0.6) is 0 Å². The molecule has 0 radical (unpaired) electrons. The van der Waals surface area contributed by atoms with Crippen LogP contribution >= 0.6 is 0 Å². The monoisotopic (exact) mass is 608 g/mol. The van der Waals surface area contributed by atoms with E-state index in [4.69, 9.17) is 0 Å². The fourth-order valence-corrected chi connectivity index (χ4v) is 7.16. The summed E-state index contributed by atoms with van der Waals surface area (Å²) in [5, 5.41) is 14.1. The van der Waals surface area contributed by atoms with Crippen LogP contribution in [0, 0.1) is 0 Å². The number of aromatic nitrogens is 3. The molecule has 3 aromatic rings. The van der Waals surface area contributed by atoms with Crippen molar-refractivity contribution in [1.82, 2.24) is 30.1 Å². The largest absolute Gasteiger partial charge is 0.416 e. The SMILES string of the molecule is CC1(N2CCC3C2CCN3C(=O)CNC(=O)c2cccc(C(F)(F)F)c2)CCC(O)(c2ccc(-c3ncccn3)cn2)CC1. The summed E-state index contributed by atoms with van der Waals surface area (Å²) in [7, 11) is 0. The third kappa shape index (κ3) is 5.80. The lowest BCUT2D eigenvalue weighted by molar-refractivity contribution is -0.137. The molecule has 1 saturated carbocycles. The number of carbonyl (C=O) groups is 2. The number of halogens is 3. The Bertz CT molecular complexity index is 1510. The predicted molar refractivity (Wildman–Crippen MR) is 155 cm³/mol. The molecular formula is C32H35F3N6O3. The standard InChI is InChI=1S/C32H35F3N6O3/c1-30(10-12-31(44,13-11-30)26-7-6-22(19-38-26)28-36-14-3-15-37-28)41-17-9-24-25(41)8-16-40(24)27(42)20-39-29(43)21-4-2-5-23(18-21)32(33,34)35/h2-7,14-15,18-19,24-25,44H,8-13,16-17,20H2,1H3,(H,39,43). The lowest BCUT2D eigenvalue weighted by Gasteiger charge is -2.48. The molecule has 3 fully saturated rings. The number of amides is 2. The maximum absolute atomic E-state index is 13.1. The van der Waals surface area contributed by atoms with Crippen LogP contribution < -0.4 is 5.32 Å². The normalized spacial score (nSPS) is 27.2. The lowest BCUT2D eigenvalue weighted by atomic mass is 9.72. The maximum atomic E-state index is 13.1. The molecule has 0 spiro atoms. The van der Waals surface area contributed by atoms with Gasteiger partial charge in [0.15, 0.2) is 5.82 Å². The van der Waals surface area contributed by atoms with Crippen molar-refractivity contribution >= 4 is 11.8 Å². The fourth-order valence-electron chi connectivity index (χ4n) is 7.16. The molecule has 44 heavy (non-hydrogen) atoms. The Labute approximate surface area is 253 Å². The van der Waals surface area contributed by atoms with E-state index in [0.717, 1.165) is 49.9 Å². The molecule has 0 bridgehead atoms. The number of nitrogens with one attached hydrogen (secondary N) is 1. The van der Waals surface area contributed by atoms with Gasteiger partial charge in [0, 0.05) is 60.4 Å². The molecule has 2 aromatic heterocycles. The van der Waals surface area contributed by atoms with Gasteiger partial charge in [-0.25, -0.2) is 9.97 Å². The molecule has 9 nitrogen and oxygen atoms in total. The van der Waals surface area contributed by atoms with Crippen molar-refractivity contribution in [3.63, 3.8) is 0 Å². The van der Waals surface area contributed by atoms with Crippen molar-refractivity contribution in [2.75, 3.05) is 19.6 Å². The Morgan fingerprint density at radius 2 is 1.70 bits per heavy atom. The number of pyridine rings is 1. The number of hydrogen-bond donors (Lipinski definition) is 2. The van der Waals surface area contributed by atoms with Crippen LogP contribution in [0.2, 0.25) is 0 Å². The second-order valence-electron chi connectivity index (χ2n) is 12.3. The molecule has 232 valence electrons. The van der Waals surface area contributed by atoms with Gasteiger partial charge in [-0.3, -0.25) is 19.5 Å². The summed E-state index contributed by atoms with van der Waals surface area (Å²) in [5.74, 6) is -0.369. The number of hydrogen-bond acceptors (Lipinski definition) is 7. The zero-order valence-corrected chi connectivity index (χ0v) is 24.4. The Morgan fingerprint density at radius 3 is 2.39 bits per heavy atom. The average Bonchev–Trinajstić information content (AvgIpc) is 3.65. The number of alkyl halides is 3. The zero-order valence-electron chi connectivity index (χ0n) is 24.4. The molecular weight excluding hydrogens is 573 g/mol. The summed E-state index contributed by atoms with van der Waals surface area (Å²) in [6, 6.07) is 9.86. The van der Waals surface area contributed by atoms with Crippen molar-refractivity contribution in [1.29, 1.82) is 0 Å². The Kier molecular flexibility index (Phi) is 7.91. The topological polar surface area (TPSA) is 112 Å². The first-order chi connectivity index (χ1) is 21.0. The minimum atomic E-state index is -4.56. The van der Waals surface area contributed by atoms with E-state index in [1.54, 1.807) is 24.7 Å². The van der Waals surface area contributed by atoms with Gasteiger partial charge in [-0.2, -0.15) is 13.2 Å². The quantitative estimate of drug-likeness (QED) is 0.432. The molecule has 1 aromatic carbocycles. The summed E-state index contributed by atoms with van der Waals surface area (Å²) in [6.07, 6.45) is 4.80. The lowest BCUT2D eigenvalue weighted by Crippen LogP contribution is -2.54. The van der Waals surface area contributed by atoms with Crippen LogP contribution in [0.15, 0.2) is 61.1 Å². The number of fused-ring (bicyclic) bond motifs is 1. The number of likely N-dealkylation sites (tertiary alicyclic amines) is 2. The molecule has 2 amide bonds. The minimum Gasteiger partial charge on any atom is -0.384 e. The first-order valence-corrected chi connectivity index (χ1v) is 14.9. The van der Waals surface area contributed by atoms with Gasteiger partial charge in [0.05, 0.1) is 17.8 Å². The molecule has 12 heteroatoms. The molecule has 2 atom stereocenters. The Morgan fingerprint density at radius 1 is 0.977 bits per heavy atom. The number of aliphatic hydroxyl groups is 1. The van der Waals surface area contributed by atoms with Gasteiger partial charge in [0.2, 0.25) is 5.91 Å². The van der Waals surface area contributed by atoms with Crippen molar-refractivity contribution < 1.29 is 27.9 Å². The molecule has 3 aliphatic rings. The second kappa shape index (κ2) is 11.6. The highest BCUT2D eigenvalue weighted by atomic mass is 19.4. The Hall–Kier alpha value is -3.90. The van der Waals surface area contributed by atoms with E-state index in [-0.39, 0.29) is 35.6 Å². The molecule has 2 aliphatic heterocycles. The molecule has 6 rings (SSSR count). The van der Waals surface area contributed by atoms with Gasteiger partial charge < -0.3 is 15.3 Å².